The minimum Gasteiger partial charge on any atom is -0.368 e. The van der Waals surface area contributed by atoms with E-state index in [4.69, 9.17) is 5.73 Å². The zero-order chi connectivity index (χ0) is 16.3. The molecule has 0 radical (unpaired) electrons. The van der Waals surface area contributed by atoms with Gasteiger partial charge in [0.25, 0.3) is 0 Å². The average Bonchev–Trinajstić information content (AvgIpc) is 2.45. The summed E-state index contributed by atoms with van der Waals surface area (Å²) < 4.78 is 26.6. The van der Waals surface area contributed by atoms with E-state index in [1.165, 1.54) is 12.1 Å². The van der Waals surface area contributed by atoms with Gasteiger partial charge in [-0.3, -0.25) is 0 Å². The molecule has 2 N–H and O–H groups in total. The van der Waals surface area contributed by atoms with Gasteiger partial charge in [-0.25, -0.2) is 8.78 Å². The summed E-state index contributed by atoms with van der Waals surface area (Å²) in [6.45, 7) is 0. The van der Waals surface area contributed by atoms with Crippen molar-refractivity contribution < 1.29 is 8.78 Å². The Morgan fingerprint density at radius 3 is 2.59 bits per heavy atom. The van der Waals surface area contributed by atoms with Crippen LogP contribution in [0.4, 0.5) is 20.7 Å². The monoisotopic (exact) mass is 302 g/mol. The molecule has 1 aromatic carbocycles. The van der Waals surface area contributed by atoms with Gasteiger partial charge in [-0.05, 0) is 18.2 Å². The number of anilines is 2. The molecular weight excluding hydrogens is 290 g/mol. The highest BCUT2D eigenvalue weighted by Crippen LogP contribution is 2.19. The Morgan fingerprint density at radius 2 is 2.00 bits per heavy atom. The molecule has 0 aliphatic heterocycles. The number of nitrogens with two attached hydrogens (primary N) is 1. The van der Waals surface area contributed by atoms with Gasteiger partial charge in [-0.1, -0.05) is 0 Å². The van der Waals surface area contributed by atoms with Crippen LogP contribution in [0, 0.1) is 23.0 Å². The minimum absolute atomic E-state index is 0.0114. The van der Waals surface area contributed by atoms with Crippen molar-refractivity contribution in [2.45, 2.75) is 0 Å². The second-order valence-electron chi connectivity index (χ2n) is 4.55. The number of benzene rings is 1. The summed E-state index contributed by atoms with van der Waals surface area (Å²) >= 11 is 0. The molecule has 1 aromatic heterocycles. The van der Waals surface area contributed by atoms with Gasteiger partial charge < -0.3 is 10.6 Å². The zero-order valence-electron chi connectivity index (χ0n) is 11.9. The average molecular weight is 302 g/mol. The summed E-state index contributed by atoms with van der Waals surface area (Å²) in [6.07, 6.45) is 1.23. The van der Waals surface area contributed by atoms with Crippen LogP contribution in [0.15, 0.2) is 18.2 Å². The molecule has 0 saturated carbocycles. The first-order valence-electron chi connectivity index (χ1n) is 6.17. The molecule has 0 fully saturated rings. The predicted molar refractivity (Wildman–Crippen MR) is 78.4 cm³/mol. The van der Waals surface area contributed by atoms with Crippen molar-refractivity contribution in [1.29, 1.82) is 5.26 Å². The Balaban J connectivity index is 2.53. The molecule has 0 saturated heterocycles. The third-order valence-electron chi connectivity index (χ3n) is 2.66. The highest BCUT2D eigenvalue weighted by molar-refractivity contribution is 5.87. The maximum absolute atomic E-state index is 13.7. The molecule has 0 bridgehead atoms. The van der Waals surface area contributed by atoms with Crippen molar-refractivity contribution in [3.63, 3.8) is 0 Å². The molecule has 2 aromatic rings. The van der Waals surface area contributed by atoms with Crippen molar-refractivity contribution in [1.82, 2.24) is 15.0 Å². The maximum atomic E-state index is 13.7. The number of rotatable bonds is 3. The van der Waals surface area contributed by atoms with E-state index < -0.39 is 11.6 Å². The van der Waals surface area contributed by atoms with Crippen LogP contribution >= 0.6 is 0 Å². The van der Waals surface area contributed by atoms with Crippen molar-refractivity contribution in [2.24, 2.45) is 0 Å². The Labute approximate surface area is 125 Å². The molecule has 0 aliphatic rings. The van der Waals surface area contributed by atoms with Gasteiger partial charge in [0.2, 0.25) is 11.9 Å². The second-order valence-corrected chi connectivity index (χ2v) is 4.55. The SMILES string of the molecule is CN(C)c1nc(N)nc(/C(C#N)=C\c2ccc(F)cc2F)n1. The quantitative estimate of drug-likeness (QED) is 0.870. The molecule has 112 valence electrons. The zero-order valence-corrected chi connectivity index (χ0v) is 11.9. The van der Waals surface area contributed by atoms with Gasteiger partial charge in [-0.2, -0.15) is 20.2 Å². The van der Waals surface area contributed by atoms with Crippen LogP contribution in [0.2, 0.25) is 0 Å². The number of aromatic nitrogens is 3. The van der Waals surface area contributed by atoms with Crippen LogP contribution in [0.25, 0.3) is 11.6 Å². The Kier molecular flexibility index (Phi) is 4.27. The Hall–Kier alpha value is -3.08. The Bertz CT molecular complexity index is 779. The van der Waals surface area contributed by atoms with E-state index >= 15 is 0 Å². The largest absolute Gasteiger partial charge is 0.368 e. The summed E-state index contributed by atoms with van der Waals surface area (Å²) in [5.41, 5.74) is 5.62. The van der Waals surface area contributed by atoms with E-state index in [-0.39, 0.29) is 28.9 Å². The van der Waals surface area contributed by atoms with Crippen molar-refractivity contribution in [3.8, 4) is 6.07 Å². The first-order valence-corrected chi connectivity index (χ1v) is 6.17. The fourth-order valence-corrected chi connectivity index (χ4v) is 1.62. The van der Waals surface area contributed by atoms with E-state index in [0.29, 0.717) is 0 Å². The Morgan fingerprint density at radius 1 is 1.27 bits per heavy atom. The molecule has 0 spiro atoms. The predicted octanol–water partition coefficient (Wildman–Crippen LogP) is 1.86. The maximum Gasteiger partial charge on any atom is 0.230 e. The molecule has 0 aliphatic carbocycles. The van der Waals surface area contributed by atoms with Crippen LogP contribution in [0.3, 0.4) is 0 Å². The van der Waals surface area contributed by atoms with Crippen molar-refractivity contribution in [3.05, 3.63) is 41.2 Å². The molecule has 1 heterocycles. The highest BCUT2D eigenvalue weighted by Gasteiger charge is 2.12. The first-order chi connectivity index (χ1) is 10.4. The van der Waals surface area contributed by atoms with Gasteiger partial charge >= 0.3 is 0 Å². The number of nitrogens with zero attached hydrogens (tertiary/aromatic N) is 5. The number of hydrogen-bond acceptors (Lipinski definition) is 6. The number of nitriles is 1. The van der Waals surface area contributed by atoms with Gasteiger partial charge in [0.15, 0.2) is 5.82 Å². The lowest BCUT2D eigenvalue weighted by molar-refractivity contribution is 0.581. The van der Waals surface area contributed by atoms with Gasteiger partial charge in [0, 0.05) is 25.7 Å². The fraction of sp³-hybridized carbons (Fsp3) is 0.143. The van der Waals surface area contributed by atoms with E-state index in [0.717, 1.165) is 12.1 Å². The van der Waals surface area contributed by atoms with Gasteiger partial charge in [0.05, 0.1) is 5.57 Å². The van der Waals surface area contributed by atoms with Crippen LogP contribution in [-0.4, -0.2) is 29.0 Å². The molecule has 2 rings (SSSR count). The standard InChI is InChI=1S/C14H12F2N6/c1-22(2)14-20-12(19-13(18)21-14)9(7-17)5-8-3-4-10(15)6-11(8)16/h3-6H,1-2H3,(H2,18,19,20,21)/b9-5-. The summed E-state index contributed by atoms with van der Waals surface area (Å²) in [5, 5.41) is 9.24. The van der Waals surface area contributed by atoms with Gasteiger partial charge in [-0.15, -0.1) is 0 Å². The topological polar surface area (TPSA) is 91.7 Å². The lowest BCUT2D eigenvalue weighted by Crippen LogP contribution is -2.15. The minimum atomic E-state index is -0.789. The molecule has 6 nitrogen and oxygen atoms in total. The van der Waals surface area contributed by atoms with Crippen molar-refractivity contribution >= 4 is 23.5 Å². The smallest absolute Gasteiger partial charge is 0.230 e. The highest BCUT2D eigenvalue weighted by atomic mass is 19.1. The third kappa shape index (κ3) is 3.32. The van der Waals surface area contributed by atoms with Crippen LogP contribution in [-0.2, 0) is 0 Å². The molecular formula is C14H12F2N6. The second kappa shape index (κ2) is 6.13. The number of hydrogen-bond donors (Lipinski definition) is 1. The number of halogens is 2. The van der Waals surface area contributed by atoms with E-state index in [2.05, 4.69) is 15.0 Å². The lowest BCUT2D eigenvalue weighted by Gasteiger charge is -2.11. The summed E-state index contributed by atoms with van der Waals surface area (Å²) in [6, 6.07) is 4.92. The molecule has 8 heteroatoms. The molecule has 0 unspecified atom stereocenters. The molecule has 22 heavy (non-hydrogen) atoms. The van der Waals surface area contributed by atoms with Crippen molar-refractivity contribution in [2.75, 3.05) is 24.7 Å². The van der Waals surface area contributed by atoms with E-state index in [1.54, 1.807) is 19.0 Å². The van der Waals surface area contributed by atoms with Crippen LogP contribution in [0.1, 0.15) is 11.4 Å². The first kappa shape index (κ1) is 15.3. The van der Waals surface area contributed by atoms with Crippen LogP contribution in [0.5, 0.6) is 0 Å². The summed E-state index contributed by atoms with van der Waals surface area (Å²) in [7, 11) is 3.40. The molecule has 0 atom stereocenters. The van der Waals surface area contributed by atoms with E-state index in [1.807, 2.05) is 6.07 Å². The fourth-order valence-electron chi connectivity index (χ4n) is 1.62. The summed E-state index contributed by atoms with van der Waals surface area (Å²) in [5.74, 6) is -1.27. The number of allylic oxidation sites excluding steroid dienone is 1. The number of nitrogen functional groups attached to an aromatic ring is 1. The third-order valence-corrected chi connectivity index (χ3v) is 2.66. The van der Waals surface area contributed by atoms with E-state index in [9.17, 15) is 14.0 Å². The van der Waals surface area contributed by atoms with Crippen LogP contribution < -0.4 is 10.6 Å². The lowest BCUT2D eigenvalue weighted by atomic mass is 10.1. The molecule has 0 amide bonds. The van der Waals surface area contributed by atoms with Gasteiger partial charge in [0.1, 0.15) is 17.7 Å². The normalized spacial score (nSPS) is 11.1. The summed E-state index contributed by atoms with van der Waals surface area (Å²) in [4.78, 5) is 13.5.